The molecule has 4 fully saturated rings. The first kappa shape index (κ1) is 18.4. The normalized spacial score (nSPS) is 37.6. The number of likely N-dealkylation sites (tertiary alicyclic amines) is 2. The van der Waals surface area contributed by atoms with E-state index in [9.17, 15) is 4.79 Å². The van der Waals surface area contributed by atoms with E-state index in [2.05, 4.69) is 42.2 Å². The second kappa shape index (κ2) is 7.03. The van der Waals surface area contributed by atoms with Crippen molar-refractivity contribution in [1.29, 1.82) is 0 Å². The van der Waals surface area contributed by atoms with Gasteiger partial charge in [0.25, 0.3) is 0 Å². The van der Waals surface area contributed by atoms with Crippen LogP contribution >= 0.6 is 0 Å². The van der Waals surface area contributed by atoms with E-state index >= 15 is 0 Å². The van der Waals surface area contributed by atoms with E-state index in [0.717, 1.165) is 31.3 Å². The molecule has 4 aliphatic rings. The Morgan fingerprint density at radius 2 is 1.93 bits per heavy atom. The third-order valence-corrected chi connectivity index (χ3v) is 7.59. The number of ether oxygens (including phenoxy) is 2. The molecule has 1 amide bonds. The lowest BCUT2D eigenvalue weighted by Crippen LogP contribution is -2.52. The summed E-state index contributed by atoms with van der Waals surface area (Å²) < 4.78 is 11.5. The van der Waals surface area contributed by atoms with Crippen molar-refractivity contribution >= 4 is 6.09 Å². The lowest BCUT2D eigenvalue weighted by Gasteiger charge is -2.49. The predicted octanol–water partition coefficient (Wildman–Crippen LogP) is 3.71. The van der Waals surface area contributed by atoms with Crippen LogP contribution < -0.4 is 0 Å². The zero-order chi connectivity index (χ0) is 19.3. The molecule has 2 aliphatic heterocycles. The van der Waals surface area contributed by atoms with Gasteiger partial charge in [-0.05, 0) is 44.1 Å². The minimum Gasteiger partial charge on any atom is -0.450 e. The number of rotatable bonds is 5. The Balaban J connectivity index is 1.07. The van der Waals surface area contributed by atoms with E-state index in [1.165, 1.54) is 31.5 Å². The average Bonchev–Trinajstić information content (AvgIpc) is 3.08. The standard InChI is InChI=1S/C23H32N2O3/c1-3-27-22(26)24-10-9-23(15-24)11-18(12-23)25-13-19-20(14-25)21(19)28-16(2)17-7-5-4-6-8-17/h4-8,16,18-21H,3,9-15H2,1-2H3/t16?,18?,19-,20+,21-,23?. The van der Waals surface area contributed by atoms with Crippen LogP contribution in [-0.4, -0.2) is 60.8 Å². The summed E-state index contributed by atoms with van der Waals surface area (Å²) in [6.07, 6.45) is 4.14. The van der Waals surface area contributed by atoms with Crippen LogP contribution in [0.15, 0.2) is 30.3 Å². The molecule has 1 spiro atoms. The van der Waals surface area contributed by atoms with Gasteiger partial charge in [0.15, 0.2) is 0 Å². The molecule has 28 heavy (non-hydrogen) atoms. The largest absolute Gasteiger partial charge is 0.450 e. The monoisotopic (exact) mass is 384 g/mol. The SMILES string of the molecule is CCOC(=O)N1CCC2(CC(N3C[C@@H]4[C@H](C3)[C@@H]4OC(C)c3ccccc3)C2)C1. The molecule has 1 aromatic rings. The Hall–Kier alpha value is -1.59. The molecular weight excluding hydrogens is 352 g/mol. The van der Waals surface area contributed by atoms with Crippen LogP contribution in [0.4, 0.5) is 4.79 Å². The number of amides is 1. The summed E-state index contributed by atoms with van der Waals surface area (Å²) in [7, 11) is 0. The zero-order valence-corrected chi connectivity index (χ0v) is 17.0. The summed E-state index contributed by atoms with van der Waals surface area (Å²) >= 11 is 0. The lowest BCUT2D eigenvalue weighted by atomic mass is 9.64. The van der Waals surface area contributed by atoms with Crippen LogP contribution in [0, 0.1) is 17.3 Å². The van der Waals surface area contributed by atoms with Crippen molar-refractivity contribution in [2.24, 2.45) is 17.3 Å². The smallest absolute Gasteiger partial charge is 0.409 e. The molecule has 1 unspecified atom stereocenters. The summed E-state index contributed by atoms with van der Waals surface area (Å²) in [6, 6.07) is 11.3. The molecule has 5 rings (SSSR count). The van der Waals surface area contributed by atoms with Crippen LogP contribution in [0.25, 0.3) is 0 Å². The van der Waals surface area contributed by atoms with Crippen LogP contribution in [0.1, 0.15) is 44.8 Å². The quantitative estimate of drug-likeness (QED) is 0.776. The van der Waals surface area contributed by atoms with E-state index in [1.54, 1.807) is 0 Å². The Morgan fingerprint density at radius 1 is 1.21 bits per heavy atom. The van der Waals surface area contributed by atoms with Crippen molar-refractivity contribution in [3.05, 3.63) is 35.9 Å². The Bertz CT molecular complexity index is 706. The van der Waals surface area contributed by atoms with Gasteiger partial charge in [-0.1, -0.05) is 30.3 Å². The first-order valence-corrected chi connectivity index (χ1v) is 10.9. The fourth-order valence-corrected chi connectivity index (χ4v) is 5.88. The molecule has 2 saturated heterocycles. The van der Waals surface area contributed by atoms with E-state index in [4.69, 9.17) is 9.47 Å². The third kappa shape index (κ3) is 3.22. The van der Waals surface area contributed by atoms with Crippen molar-refractivity contribution in [3.63, 3.8) is 0 Å². The molecule has 0 N–H and O–H groups in total. The van der Waals surface area contributed by atoms with E-state index in [0.29, 0.717) is 24.2 Å². The van der Waals surface area contributed by atoms with Gasteiger partial charge in [-0.2, -0.15) is 0 Å². The number of nitrogens with zero attached hydrogens (tertiary/aromatic N) is 2. The van der Waals surface area contributed by atoms with Gasteiger partial charge < -0.3 is 14.4 Å². The molecule has 2 heterocycles. The molecule has 0 bridgehead atoms. The van der Waals surface area contributed by atoms with Gasteiger partial charge in [-0.3, -0.25) is 4.90 Å². The number of carbonyl (C=O) groups is 1. The molecular formula is C23H32N2O3. The van der Waals surface area contributed by atoms with Crippen LogP contribution in [0.5, 0.6) is 0 Å². The van der Waals surface area contributed by atoms with Gasteiger partial charge in [-0.15, -0.1) is 0 Å². The van der Waals surface area contributed by atoms with Crippen molar-refractivity contribution in [3.8, 4) is 0 Å². The number of hydrogen-bond acceptors (Lipinski definition) is 4. The second-order valence-electron chi connectivity index (χ2n) is 9.37. The van der Waals surface area contributed by atoms with Gasteiger partial charge in [0.1, 0.15) is 0 Å². The van der Waals surface area contributed by atoms with Gasteiger partial charge in [-0.25, -0.2) is 4.79 Å². The molecule has 2 aliphatic carbocycles. The fraction of sp³-hybridized carbons (Fsp3) is 0.696. The van der Waals surface area contributed by atoms with Crippen molar-refractivity contribution in [1.82, 2.24) is 9.80 Å². The van der Waals surface area contributed by atoms with Crippen molar-refractivity contribution in [2.75, 3.05) is 32.8 Å². The first-order chi connectivity index (χ1) is 13.6. The molecule has 4 atom stereocenters. The van der Waals surface area contributed by atoms with Gasteiger partial charge in [0.05, 0.1) is 18.8 Å². The van der Waals surface area contributed by atoms with E-state index < -0.39 is 0 Å². The van der Waals surface area contributed by atoms with Gasteiger partial charge >= 0.3 is 6.09 Å². The lowest BCUT2D eigenvalue weighted by molar-refractivity contribution is -0.0137. The maximum atomic E-state index is 12.0. The van der Waals surface area contributed by atoms with E-state index in [1.807, 2.05) is 11.8 Å². The van der Waals surface area contributed by atoms with Gasteiger partial charge in [0.2, 0.25) is 0 Å². The minimum absolute atomic E-state index is 0.127. The topological polar surface area (TPSA) is 42.0 Å². The van der Waals surface area contributed by atoms with Crippen molar-refractivity contribution in [2.45, 2.75) is 51.4 Å². The molecule has 2 saturated carbocycles. The Morgan fingerprint density at radius 3 is 2.61 bits per heavy atom. The Kier molecular flexibility index (Phi) is 4.63. The summed E-state index contributed by atoms with van der Waals surface area (Å²) in [5, 5.41) is 0. The van der Waals surface area contributed by atoms with Crippen molar-refractivity contribution < 1.29 is 14.3 Å². The second-order valence-corrected chi connectivity index (χ2v) is 9.37. The summed E-state index contributed by atoms with van der Waals surface area (Å²) in [4.78, 5) is 16.6. The van der Waals surface area contributed by atoms with E-state index in [-0.39, 0.29) is 12.2 Å². The predicted molar refractivity (Wildman–Crippen MR) is 107 cm³/mol. The number of benzene rings is 1. The molecule has 152 valence electrons. The molecule has 0 radical (unpaired) electrons. The molecule has 0 aromatic heterocycles. The van der Waals surface area contributed by atoms with Crippen LogP contribution in [-0.2, 0) is 9.47 Å². The first-order valence-electron chi connectivity index (χ1n) is 10.9. The fourth-order valence-electron chi connectivity index (χ4n) is 5.88. The highest BCUT2D eigenvalue weighted by molar-refractivity contribution is 5.68. The minimum atomic E-state index is -0.127. The highest BCUT2D eigenvalue weighted by Crippen LogP contribution is 2.55. The number of piperidine rings is 1. The molecule has 5 heteroatoms. The average molecular weight is 385 g/mol. The zero-order valence-electron chi connectivity index (χ0n) is 17.0. The Labute approximate surface area is 168 Å². The summed E-state index contributed by atoms with van der Waals surface area (Å²) in [5.74, 6) is 1.45. The maximum Gasteiger partial charge on any atom is 0.409 e. The molecule has 1 aromatic carbocycles. The summed E-state index contributed by atoms with van der Waals surface area (Å²) in [5.41, 5.74) is 1.64. The number of carbonyl (C=O) groups excluding carboxylic acids is 1. The van der Waals surface area contributed by atoms with Crippen LogP contribution in [0.2, 0.25) is 0 Å². The number of fused-ring (bicyclic) bond motifs is 1. The highest BCUT2D eigenvalue weighted by Gasteiger charge is 2.61. The highest BCUT2D eigenvalue weighted by atomic mass is 16.6. The van der Waals surface area contributed by atoms with Gasteiger partial charge in [0, 0.05) is 44.1 Å². The molecule has 5 nitrogen and oxygen atoms in total. The maximum absolute atomic E-state index is 12.0. The summed E-state index contributed by atoms with van der Waals surface area (Å²) in [6.45, 7) is 8.66. The van der Waals surface area contributed by atoms with Crippen LogP contribution in [0.3, 0.4) is 0 Å². The third-order valence-electron chi connectivity index (χ3n) is 7.59. The number of hydrogen-bond donors (Lipinski definition) is 0.